The molecule has 0 bridgehead atoms. The summed E-state index contributed by atoms with van der Waals surface area (Å²) in [6.07, 6.45) is 4.63. The normalized spacial score (nSPS) is 15.9. The van der Waals surface area contributed by atoms with Gasteiger partial charge in [0.05, 0.1) is 19.1 Å². The van der Waals surface area contributed by atoms with Crippen molar-refractivity contribution in [3.05, 3.63) is 35.6 Å². The van der Waals surface area contributed by atoms with Crippen LogP contribution in [0.4, 0.5) is 0 Å². The first-order valence-corrected chi connectivity index (χ1v) is 8.03. The van der Waals surface area contributed by atoms with Gasteiger partial charge in [-0.1, -0.05) is 11.6 Å². The molecule has 1 aliphatic carbocycles. The zero-order chi connectivity index (χ0) is 14.3. The van der Waals surface area contributed by atoms with Gasteiger partial charge in [-0.3, -0.25) is 0 Å². The summed E-state index contributed by atoms with van der Waals surface area (Å²) >= 11 is 6.02. The molecule has 0 atom stereocenters. The third-order valence-electron chi connectivity index (χ3n) is 3.23. The van der Waals surface area contributed by atoms with Crippen molar-refractivity contribution in [2.45, 2.75) is 30.5 Å². The highest BCUT2D eigenvalue weighted by Crippen LogP contribution is 2.34. The van der Waals surface area contributed by atoms with Gasteiger partial charge >= 0.3 is 0 Å². The van der Waals surface area contributed by atoms with E-state index >= 15 is 0 Å². The standard InChI is InChI=1S/C12H14ClN3O3S/c1-15-8-14-12(11(15)13)20(17,18)16(9-4-5-9)7-10-3-2-6-19-10/h2-3,6,8-9H,4-5,7H2,1H3. The summed E-state index contributed by atoms with van der Waals surface area (Å²) in [5.74, 6) is 0.604. The highest BCUT2D eigenvalue weighted by molar-refractivity contribution is 7.89. The summed E-state index contributed by atoms with van der Waals surface area (Å²) in [6, 6.07) is 3.49. The molecule has 6 nitrogen and oxygen atoms in total. The minimum Gasteiger partial charge on any atom is -0.468 e. The van der Waals surface area contributed by atoms with Crippen LogP contribution in [0.5, 0.6) is 0 Å². The number of imidazole rings is 1. The van der Waals surface area contributed by atoms with Crippen molar-refractivity contribution >= 4 is 21.6 Å². The van der Waals surface area contributed by atoms with Gasteiger partial charge in [0.15, 0.2) is 0 Å². The summed E-state index contributed by atoms with van der Waals surface area (Å²) in [4.78, 5) is 3.92. The Morgan fingerprint density at radius 1 is 1.55 bits per heavy atom. The Morgan fingerprint density at radius 2 is 2.30 bits per heavy atom. The van der Waals surface area contributed by atoms with E-state index in [2.05, 4.69) is 4.98 Å². The fraction of sp³-hybridized carbons (Fsp3) is 0.417. The van der Waals surface area contributed by atoms with E-state index < -0.39 is 10.0 Å². The third-order valence-corrected chi connectivity index (χ3v) is 5.62. The van der Waals surface area contributed by atoms with Crippen LogP contribution in [0.2, 0.25) is 5.15 Å². The topological polar surface area (TPSA) is 68.3 Å². The summed E-state index contributed by atoms with van der Waals surface area (Å²) in [5.41, 5.74) is 0. The lowest BCUT2D eigenvalue weighted by atomic mass is 10.4. The zero-order valence-electron chi connectivity index (χ0n) is 10.9. The predicted octanol–water partition coefficient (Wildman–Crippen LogP) is 2.02. The van der Waals surface area contributed by atoms with E-state index in [1.165, 1.54) is 21.5 Å². The highest BCUT2D eigenvalue weighted by Gasteiger charge is 2.40. The van der Waals surface area contributed by atoms with Gasteiger partial charge in [0.2, 0.25) is 5.03 Å². The minimum absolute atomic E-state index is 0.00294. The van der Waals surface area contributed by atoms with Crippen LogP contribution in [0, 0.1) is 0 Å². The van der Waals surface area contributed by atoms with Crippen LogP contribution >= 0.6 is 11.6 Å². The molecule has 0 radical (unpaired) electrons. The predicted molar refractivity (Wildman–Crippen MR) is 72.7 cm³/mol. The van der Waals surface area contributed by atoms with E-state index in [0.29, 0.717) is 5.76 Å². The van der Waals surface area contributed by atoms with Crippen molar-refractivity contribution in [1.82, 2.24) is 13.9 Å². The van der Waals surface area contributed by atoms with Crippen molar-refractivity contribution < 1.29 is 12.8 Å². The number of aromatic nitrogens is 2. The molecule has 8 heteroatoms. The molecular weight excluding hydrogens is 302 g/mol. The summed E-state index contributed by atoms with van der Waals surface area (Å²) in [6.45, 7) is 0.201. The fourth-order valence-corrected chi connectivity index (χ4v) is 4.05. The van der Waals surface area contributed by atoms with Crippen LogP contribution < -0.4 is 0 Å². The number of sulfonamides is 1. The lowest BCUT2D eigenvalue weighted by molar-refractivity contribution is 0.355. The van der Waals surface area contributed by atoms with E-state index in [1.54, 1.807) is 19.2 Å². The van der Waals surface area contributed by atoms with Gasteiger partial charge in [-0.2, -0.15) is 4.31 Å². The molecule has 0 saturated heterocycles. The van der Waals surface area contributed by atoms with Crippen LogP contribution in [0.15, 0.2) is 34.2 Å². The van der Waals surface area contributed by atoms with Crippen molar-refractivity contribution in [3.63, 3.8) is 0 Å². The molecule has 2 heterocycles. The van der Waals surface area contributed by atoms with Gasteiger partial charge in [0.25, 0.3) is 10.0 Å². The maximum absolute atomic E-state index is 12.7. The summed E-state index contributed by atoms with van der Waals surface area (Å²) in [7, 11) is -2.06. The first-order chi connectivity index (χ1) is 9.50. The smallest absolute Gasteiger partial charge is 0.264 e. The van der Waals surface area contributed by atoms with Crippen molar-refractivity contribution in [2.24, 2.45) is 7.05 Å². The number of halogens is 1. The quantitative estimate of drug-likeness (QED) is 0.846. The molecule has 2 aromatic rings. The van der Waals surface area contributed by atoms with E-state index in [1.807, 2.05) is 0 Å². The summed E-state index contributed by atoms with van der Waals surface area (Å²) in [5, 5.41) is 0.0233. The molecule has 1 fully saturated rings. The minimum atomic E-state index is -3.71. The molecule has 0 aliphatic heterocycles. The fourth-order valence-electron chi connectivity index (χ4n) is 2.01. The Morgan fingerprint density at radius 3 is 2.80 bits per heavy atom. The Balaban J connectivity index is 1.96. The number of rotatable bonds is 5. The van der Waals surface area contributed by atoms with E-state index in [0.717, 1.165) is 12.8 Å². The first-order valence-electron chi connectivity index (χ1n) is 6.21. The van der Waals surface area contributed by atoms with Crippen LogP contribution in [0.3, 0.4) is 0 Å². The molecule has 3 rings (SSSR count). The highest BCUT2D eigenvalue weighted by atomic mass is 35.5. The number of hydrogen-bond donors (Lipinski definition) is 0. The SMILES string of the molecule is Cn1cnc(S(=O)(=O)N(Cc2ccco2)C2CC2)c1Cl. The third kappa shape index (κ3) is 2.36. The number of hydrogen-bond acceptors (Lipinski definition) is 4. The van der Waals surface area contributed by atoms with Crippen LogP contribution in [-0.2, 0) is 23.6 Å². The molecule has 2 aromatic heterocycles. The second kappa shape index (κ2) is 4.91. The van der Waals surface area contributed by atoms with Gasteiger partial charge in [-0.15, -0.1) is 0 Å². The molecule has 20 heavy (non-hydrogen) atoms. The molecule has 0 N–H and O–H groups in total. The molecule has 0 aromatic carbocycles. The average molecular weight is 316 g/mol. The molecule has 108 valence electrons. The van der Waals surface area contributed by atoms with Gasteiger partial charge in [0, 0.05) is 13.1 Å². The zero-order valence-corrected chi connectivity index (χ0v) is 12.4. The monoisotopic (exact) mass is 315 g/mol. The second-order valence-electron chi connectivity index (χ2n) is 4.81. The number of furan rings is 1. The van der Waals surface area contributed by atoms with E-state index in [4.69, 9.17) is 16.0 Å². The molecule has 0 unspecified atom stereocenters. The molecular formula is C12H14ClN3O3S. The van der Waals surface area contributed by atoms with Crippen LogP contribution in [0.25, 0.3) is 0 Å². The second-order valence-corrected chi connectivity index (χ2v) is 6.98. The Hall–Kier alpha value is -1.31. The maximum atomic E-state index is 12.7. The van der Waals surface area contributed by atoms with Crippen molar-refractivity contribution in [3.8, 4) is 0 Å². The van der Waals surface area contributed by atoms with E-state index in [9.17, 15) is 8.42 Å². The Bertz CT molecular complexity index is 704. The van der Waals surface area contributed by atoms with Crippen LogP contribution in [-0.4, -0.2) is 28.3 Å². The first kappa shape index (κ1) is 13.7. The largest absolute Gasteiger partial charge is 0.468 e. The van der Waals surface area contributed by atoms with Crippen LogP contribution in [0.1, 0.15) is 18.6 Å². The lowest BCUT2D eigenvalue weighted by Gasteiger charge is -2.19. The molecule has 1 aliphatic rings. The van der Waals surface area contributed by atoms with Gasteiger partial charge < -0.3 is 8.98 Å². The number of aryl methyl sites for hydroxylation is 1. The Labute approximate surface area is 122 Å². The summed E-state index contributed by atoms with van der Waals surface area (Å²) < 4.78 is 33.5. The average Bonchev–Trinajstić information content (AvgIpc) is 2.99. The lowest BCUT2D eigenvalue weighted by Crippen LogP contribution is -2.33. The molecule has 0 amide bonds. The van der Waals surface area contributed by atoms with Crippen molar-refractivity contribution in [1.29, 1.82) is 0 Å². The maximum Gasteiger partial charge on any atom is 0.264 e. The van der Waals surface area contributed by atoms with E-state index in [-0.39, 0.29) is 22.8 Å². The molecule has 0 spiro atoms. The van der Waals surface area contributed by atoms with Crippen molar-refractivity contribution in [2.75, 3.05) is 0 Å². The van der Waals surface area contributed by atoms with Gasteiger partial charge in [-0.05, 0) is 25.0 Å². The number of nitrogens with zero attached hydrogens (tertiary/aromatic N) is 3. The molecule has 1 saturated carbocycles. The van der Waals surface area contributed by atoms with Gasteiger partial charge in [-0.25, -0.2) is 13.4 Å². The van der Waals surface area contributed by atoms with Gasteiger partial charge in [0.1, 0.15) is 10.9 Å². The Kier molecular flexibility index (Phi) is 3.35.